The van der Waals surface area contributed by atoms with Gasteiger partial charge in [-0.1, -0.05) is 19.3 Å². The number of anilines is 1. The van der Waals surface area contributed by atoms with Crippen LogP contribution in [0.15, 0.2) is 23.1 Å². The minimum atomic E-state index is -3.67. The summed E-state index contributed by atoms with van der Waals surface area (Å²) < 4.78 is 33.3. The number of benzene rings is 1. The maximum absolute atomic E-state index is 13.1. The number of nitrogens with one attached hydrogen (secondary N) is 1. The summed E-state index contributed by atoms with van der Waals surface area (Å²) in [6.45, 7) is 3.16. The van der Waals surface area contributed by atoms with Crippen LogP contribution in [-0.4, -0.2) is 62.4 Å². The van der Waals surface area contributed by atoms with Crippen LogP contribution in [0, 0.1) is 11.3 Å². The van der Waals surface area contributed by atoms with Crippen molar-refractivity contribution in [3.63, 3.8) is 0 Å². The average Bonchev–Trinajstić information content (AvgIpc) is 3.34. The van der Waals surface area contributed by atoms with Gasteiger partial charge >= 0.3 is 0 Å². The summed E-state index contributed by atoms with van der Waals surface area (Å²) in [4.78, 5) is 14.5. The molecule has 0 spiro atoms. The molecule has 0 unspecified atom stereocenters. The van der Waals surface area contributed by atoms with Gasteiger partial charge in [0.2, 0.25) is 15.9 Å². The quantitative estimate of drug-likeness (QED) is 0.656. The van der Waals surface area contributed by atoms with Gasteiger partial charge in [-0.25, -0.2) is 8.42 Å². The largest absolute Gasteiger partial charge is 0.492 e. The first kappa shape index (κ1) is 23.4. The Kier molecular flexibility index (Phi) is 7.44. The lowest BCUT2D eigenvalue weighted by Gasteiger charge is -2.39. The Hall–Kier alpha value is -2.31. The summed E-state index contributed by atoms with van der Waals surface area (Å²) in [7, 11) is -1.99. The number of carbonyl (C=O) groups is 1. The zero-order chi connectivity index (χ0) is 22.5. The number of carbonyl (C=O) groups excluding carboxylic acids is 1. The molecular weight excluding hydrogens is 416 g/mol. The van der Waals surface area contributed by atoms with Crippen LogP contribution in [0.3, 0.4) is 0 Å². The third-order valence-electron chi connectivity index (χ3n) is 6.28. The third kappa shape index (κ3) is 4.96. The molecule has 0 radical (unpaired) electrons. The lowest BCUT2D eigenvalue weighted by molar-refractivity contribution is -0.132. The van der Waals surface area contributed by atoms with Crippen LogP contribution in [-0.2, 0) is 14.8 Å². The Morgan fingerprint density at radius 1 is 1.23 bits per heavy atom. The molecule has 31 heavy (non-hydrogen) atoms. The highest BCUT2D eigenvalue weighted by molar-refractivity contribution is 7.89. The van der Waals surface area contributed by atoms with Crippen LogP contribution in [0.25, 0.3) is 0 Å². The molecule has 1 aromatic rings. The van der Waals surface area contributed by atoms with Gasteiger partial charge in [0.05, 0.1) is 19.2 Å². The molecular formula is C22H32N4O4S. The smallest absolute Gasteiger partial charge is 0.246 e. The number of amides is 1. The second-order valence-electron chi connectivity index (χ2n) is 8.22. The molecule has 0 aromatic heterocycles. The van der Waals surface area contributed by atoms with Crippen molar-refractivity contribution in [2.45, 2.75) is 62.3 Å². The van der Waals surface area contributed by atoms with Crippen LogP contribution in [0.2, 0.25) is 0 Å². The zero-order valence-corrected chi connectivity index (χ0v) is 19.2. The van der Waals surface area contributed by atoms with E-state index in [2.05, 4.69) is 11.4 Å². The van der Waals surface area contributed by atoms with Gasteiger partial charge in [0.1, 0.15) is 16.2 Å². The number of sulfonamides is 1. The molecule has 1 aromatic carbocycles. The van der Waals surface area contributed by atoms with Gasteiger partial charge in [0.15, 0.2) is 0 Å². The molecule has 1 aliphatic heterocycles. The van der Waals surface area contributed by atoms with E-state index in [1.165, 1.54) is 10.4 Å². The molecule has 1 heterocycles. The first-order valence-corrected chi connectivity index (χ1v) is 12.5. The number of nitrogens with zero attached hydrogens (tertiary/aromatic N) is 3. The Labute approximate surface area is 185 Å². The van der Waals surface area contributed by atoms with Gasteiger partial charge in [-0.2, -0.15) is 9.57 Å². The molecule has 170 valence electrons. The van der Waals surface area contributed by atoms with Crippen molar-refractivity contribution in [2.24, 2.45) is 0 Å². The van der Waals surface area contributed by atoms with Gasteiger partial charge < -0.3 is 15.0 Å². The lowest BCUT2D eigenvalue weighted by atomic mass is 9.81. The van der Waals surface area contributed by atoms with Crippen LogP contribution >= 0.6 is 0 Å². The van der Waals surface area contributed by atoms with E-state index in [0.29, 0.717) is 44.0 Å². The second-order valence-corrected chi connectivity index (χ2v) is 10.1. The van der Waals surface area contributed by atoms with Crippen molar-refractivity contribution < 1.29 is 17.9 Å². The van der Waals surface area contributed by atoms with E-state index in [4.69, 9.17) is 4.74 Å². The highest BCUT2D eigenvalue weighted by Crippen LogP contribution is 2.33. The van der Waals surface area contributed by atoms with Crippen molar-refractivity contribution >= 4 is 21.6 Å². The molecule has 3 rings (SSSR count). The fourth-order valence-electron chi connectivity index (χ4n) is 4.36. The van der Waals surface area contributed by atoms with E-state index in [9.17, 15) is 18.5 Å². The van der Waals surface area contributed by atoms with Crippen LogP contribution in [0.1, 0.15) is 51.9 Å². The highest BCUT2D eigenvalue weighted by atomic mass is 32.2. The fraction of sp³-hybridized carbons (Fsp3) is 0.636. The maximum atomic E-state index is 13.1. The predicted octanol–water partition coefficient (Wildman–Crippen LogP) is 2.97. The van der Waals surface area contributed by atoms with Gasteiger partial charge in [0, 0.05) is 25.8 Å². The molecule has 8 nitrogen and oxygen atoms in total. The summed E-state index contributed by atoms with van der Waals surface area (Å²) in [6, 6.07) is 7.22. The Morgan fingerprint density at radius 3 is 2.52 bits per heavy atom. The van der Waals surface area contributed by atoms with E-state index in [1.54, 1.807) is 24.1 Å². The van der Waals surface area contributed by atoms with Crippen LogP contribution in [0.4, 0.5) is 5.69 Å². The monoisotopic (exact) mass is 448 g/mol. The van der Waals surface area contributed by atoms with Crippen molar-refractivity contribution in [3.05, 3.63) is 18.2 Å². The molecule has 2 fully saturated rings. The second kappa shape index (κ2) is 9.88. The van der Waals surface area contributed by atoms with E-state index >= 15 is 0 Å². The van der Waals surface area contributed by atoms with Gasteiger partial charge in [0.25, 0.3) is 0 Å². The predicted molar refractivity (Wildman–Crippen MR) is 118 cm³/mol. The summed E-state index contributed by atoms with van der Waals surface area (Å²) in [5, 5.41) is 12.7. The highest BCUT2D eigenvalue weighted by Gasteiger charge is 2.38. The maximum Gasteiger partial charge on any atom is 0.246 e. The summed E-state index contributed by atoms with van der Waals surface area (Å²) in [5.74, 6) is 0.121. The van der Waals surface area contributed by atoms with E-state index < -0.39 is 15.6 Å². The lowest BCUT2D eigenvalue weighted by Crippen LogP contribution is -2.51. The molecule has 0 atom stereocenters. The minimum absolute atomic E-state index is 0.0168. The minimum Gasteiger partial charge on any atom is -0.492 e. The van der Waals surface area contributed by atoms with Gasteiger partial charge in [-0.3, -0.25) is 4.79 Å². The van der Waals surface area contributed by atoms with E-state index in [-0.39, 0.29) is 17.3 Å². The average molecular weight is 449 g/mol. The number of ether oxygens (including phenoxy) is 1. The van der Waals surface area contributed by atoms with Crippen molar-refractivity contribution in [2.75, 3.05) is 38.6 Å². The van der Waals surface area contributed by atoms with Gasteiger partial charge in [-0.15, -0.1) is 0 Å². The SMILES string of the molecule is CCOc1ccc(NCC(=O)N(C)C2(C#N)CCCCC2)cc1S(=O)(=O)N1CCCC1. The molecule has 1 aliphatic carbocycles. The molecule has 1 amide bonds. The van der Waals surface area contributed by atoms with Crippen LogP contribution < -0.4 is 10.1 Å². The van der Waals surface area contributed by atoms with E-state index in [1.807, 2.05) is 6.92 Å². The Morgan fingerprint density at radius 2 is 1.90 bits per heavy atom. The Bertz CT molecular complexity index is 929. The fourth-order valence-corrected chi connectivity index (χ4v) is 6.03. The number of nitriles is 1. The first-order chi connectivity index (χ1) is 14.8. The van der Waals surface area contributed by atoms with Crippen molar-refractivity contribution in [3.8, 4) is 11.8 Å². The van der Waals surface area contributed by atoms with E-state index in [0.717, 1.165) is 32.1 Å². The van der Waals surface area contributed by atoms with Crippen molar-refractivity contribution in [1.29, 1.82) is 5.26 Å². The first-order valence-electron chi connectivity index (χ1n) is 11.0. The summed E-state index contributed by atoms with van der Waals surface area (Å²) >= 11 is 0. The zero-order valence-electron chi connectivity index (χ0n) is 18.4. The summed E-state index contributed by atoms with van der Waals surface area (Å²) in [5.41, 5.74) is -0.224. The number of hydrogen-bond acceptors (Lipinski definition) is 6. The van der Waals surface area contributed by atoms with Crippen LogP contribution in [0.5, 0.6) is 5.75 Å². The normalized spacial score (nSPS) is 18.9. The number of hydrogen-bond donors (Lipinski definition) is 1. The topological polar surface area (TPSA) is 103 Å². The Balaban J connectivity index is 1.76. The molecule has 2 aliphatic rings. The molecule has 1 N–H and O–H groups in total. The standard InChI is InChI=1S/C22H32N4O4S/c1-3-30-19-10-9-18(15-20(19)31(28,29)26-13-7-8-14-26)24-16-21(27)25(2)22(17-23)11-5-4-6-12-22/h9-10,15,24H,3-8,11-14,16H2,1-2H3. The van der Waals surface area contributed by atoms with Gasteiger partial charge in [-0.05, 0) is 50.8 Å². The van der Waals surface area contributed by atoms with Crippen molar-refractivity contribution in [1.82, 2.24) is 9.21 Å². The third-order valence-corrected chi connectivity index (χ3v) is 8.19. The summed E-state index contributed by atoms with van der Waals surface area (Å²) in [6.07, 6.45) is 6.04. The number of rotatable bonds is 8. The molecule has 0 bridgehead atoms. The molecule has 1 saturated heterocycles. The molecule has 1 saturated carbocycles. The molecule has 9 heteroatoms. The number of likely N-dealkylation sites (N-methyl/N-ethyl adjacent to an activating group) is 1.